The number of para-hydroxylation sites is 4. The summed E-state index contributed by atoms with van der Waals surface area (Å²) in [6, 6.07) is 93.4. The number of rotatable bonds is 8. The molecular weight excluding hydrogens is 1000 g/mol. The molecule has 6 nitrogen and oxygen atoms in total. The van der Waals surface area contributed by atoms with E-state index >= 15 is 0 Å². The van der Waals surface area contributed by atoms with Crippen LogP contribution in [0.25, 0.3) is 156 Å². The van der Waals surface area contributed by atoms with Crippen molar-refractivity contribution in [2.45, 2.75) is 12.3 Å². The van der Waals surface area contributed by atoms with E-state index < -0.39 is 0 Å². The summed E-state index contributed by atoms with van der Waals surface area (Å²) in [5.74, 6) is 0.779. The van der Waals surface area contributed by atoms with Crippen LogP contribution in [0.3, 0.4) is 0 Å². The van der Waals surface area contributed by atoms with Crippen LogP contribution in [0.5, 0.6) is 0 Å². The van der Waals surface area contributed by atoms with Gasteiger partial charge in [0, 0.05) is 65.7 Å². The molecule has 1 aliphatic carbocycles. The predicted molar refractivity (Wildman–Crippen MR) is 337 cm³/mol. The summed E-state index contributed by atoms with van der Waals surface area (Å²) in [6.45, 7) is 0. The van der Waals surface area contributed by atoms with E-state index in [1.54, 1.807) is 0 Å². The van der Waals surface area contributed by atoms with Gasteiger partial charge in [-0.25, -0.2) is 9.97 Å². The van der Waals surface area contributed by atoms with Crippen molar-refractivity contribution >= 4 is 88.7 Å². The standard InChI is InChI=1S/C76H48N4O2/c1-3-17-47(18-4-1)55-27-16-28-60(75(55)48-19-5-2-6-20-48)66-46-65(77-76(78-66)80-68-30-12-8-24-57(68)62-43-50(34-38-70(62)80)52-36-40-74-64(45-52)59-26-10-14-32-72(59)82-74)53-21-15-22-54(41-53)79-67-29-11-7-23-56(67)61-42-49(33-37-69(61)79)51-35-39-73-63(44-51)58-25-9-13-31-71(58)81-73/h1-35,37-46,52H,36H2. The van der Waals surface area contributed by atoms with E-state index in [1.165, 1.54) is 21.6 Å². The Morgan fingerprint density at radius 2 is 0.927 bits per heavy atom. The summed E-state index contributed by atoms with van der Waals surface area (Å²) >= 11 is 0. The molecule has 5 aromatic heterocycles. The normalized spacial score (nSPS) is 13.4. The van der Waals surface area contributed by atoms with Crippen LogP contribution in [0.1, 0.15) is 17.9 Å². The minimum Gasteiger partial charge on any atom is -0.456 e. The molecule has 0 radical (unpaired) electrons. The minimum atomic E-state index is 0.182. The lowest BCUT2D eigenvalue weighted by Crippen LogP contribution is -2.24. The predicted octanol–water partition coefficient (Wildman–Crippen LogP) is 18.4. The van der Waals surface area contributed by atoms with Gasteiger partial charge >= 0.3 is 0 Å². The van der Waals surface area contributed by atoms with E-state index in [9.17, 15) is 0 Å². The Balaban J connectivity index is 0.855. The number of hydrogen-bond acceptors (Lipinski definition) is 4. The first kappa shape index (κ1) is 46.1. The Bertz CT molecular complexity index is 5390. The molecule has 1 unspecified atom stereocenters. The molecule has 1 atom stereocenters. The lowest BCUT2D eigenvalue weighted by Gasteiger charge is -2.18. The van der Waals surface area contributed by atoms with Gasteiger partial charge in [-0.2, -0.15) is 0 Å². The molecule has 0 bridgehead atoms. The van der Waals surface area contributed by atoms with Gasteiger partial charge in [0.1, 0.15) is 22.2 Å². The van der Waals surface area contributed by atoms with E-state index in [-0.39, 0.29) is 5.92 Å². The van der Waals surface area contributed by atoms with Gasteiger partial charge in [-0.15, -0.1) is 0 Å². The lowest BCUT2D eigenvalue weighted by molar-refractivity contribution is 0.570. The van der Waals surface area contributed by atoms with Crippen LogP contribution < -0.4 is 10.6 Å². The number of fused-ring (bicyclic) bond motifs is 12. The zero-order chi connectivity index (χ0) is 53.8. The summed E-state index contributed by atoms with van der Waals surface area (Å²) in [5, 5.41) is 9.23. The van der Waals surface area contributed by atoms with Crippen molar-refractivity contribution in [1.82, 2.24) is 19.1 Å². The summed E-state index contributed by atoms with van der Waals surface area (Å²) < 4.78 is 17.2. The maximum atomic E-state index is 6.29. The van der Waals surface area contributed by atoms with Gasteiger partial charge in [0.2, 0.25) is 5.95 Å². The maximum absolute atomic E-state index is 6.29. The van der Waals surface area contributed by atoms with Crippen molar-refractivity contribution < 1.29 is 8.83 Å². The number of nitrogens with zero attached hydrogens (tertiary/aromatic N) is 4. The van der Waals surface area contributed by atoms with Crippen molar-refractivity contribution in [2.75, 3.05) is 0 Å². The van der Waals surface area contributed by atoms with Crippen molar-refractivity contribution in [1.29, 1.82) is 0 Å². The molecule has 17 rings (SSSR count). The van der Waals surface area contributed by atoms with Crippen LogP contribution in [-0.4, -0.2) is 19.1 Å². The second-order valence-corrected chi connectivity index (χ2v) is 21.6. The molecular formula is C76H48N4O2. The van der Waals surface area contributed by atoms with E-state index in [0.717, 1.165) is 139 Å². The van der Waals surface area contributed by atoms with E-state index in [1.807, 2.05) is 18.2 Å². The third-order valence-corrected chi connectivity index (χ3v) is 16.9. The van der Waals surface area contributed by atoms with Crippen molar-refractivity contribution in [3.63, 3.8) is 0 Å². The van der Waals surface area contributed by atoms with Crippen LogP contribution in [-0.2, 0) is 0 Å². The zero-order valence-corrected chi connectivity index (χ0v) is 44.4. The Kier molecular flexibility index (Phi) is 10.3. The highest BCUT2D eigenvalue weighted by molar-refractivity contribution is 6.12. The molecule has 0 spiro atoms. The van der Waals surface area contributed by atoms with Gasteiger partial charge in [-0.3, -0.25) is 4.57 Å². The third kappa shape index (κ3) is 7.35. The first-order valence-corrected chi connectivity index (χ1v) is 28.1. The smallest absolute Gasteiger partial charge is 0.235 e. The van der Waals surface area contributed by atoms with Crippen LogP contribution in [0.4, 0.5) is 0 Å². The molecule has 16 aromatic rings. The van der Waals surface area contributed by atoms with Gasteiger partial charge in [-0.05, 0) is 130 Å². The van der Waals surface area contributed by atoms with Crippen molar-refractivity contribution in [3.8, 4) is 67.5 Å². The fourth-order valence-electron chi connectivity index (χ4n) is 13.1. The highest BCUT2D eigenvalue weighted by atomic mass is 16.3. The van der Waals surface area contributed by atoms with E-state index in [4.69, 9.17) is 18.8 Å². The quantitative estimate of drug-likeness (QED) is 0.152. The molecule has 0 amide bonds. The fraction of sp³-hybridized carbons (Fsp3) is 0.0263. The number of aromatic nitrogens is 4. The monoisotopic (exact) mass is 1050 g/mol. The average molecular weight is 1050 g/mol. The van der Waals surface area contributed by atoms with Gasteiger partial charge < -0.3 is 13.4 Å². The van der Waals surface area contributed by atoms with Crippen molar-refractivity contribution in [2.24, 2.45) is 0 Å². The van der Waals surface area contributed by atoms with Gasteiger partial charge in [0.25, 0.3) is 0 Å². The van der Waals surface area contributed by atoms with Gasteiger partial charge in [0.15, 0.2) is 0 Å². The molecule has 5 heterocycles. The van der Waals surface area contributed by atoms with Gasteiger partial charge in [-0.1, -0.05) is 188 Å². The Labute approximate surface area is 471 Å². The Morgan fingerprint density at radius 1 is 0.354 bits per heavy atom. The molecule has 0 aliphatic heterocycles. The number of benzene rings is 11. The van der Waals surface area contributed by atoms with E-state index in [0.29, 0.717) is 5.95 Å². The molecule has 0 saturated heterocycles. The highest BCUT2D eigenvalue weighted by Gasteiger charge is 2.23. The summed E-state index contributed by atoms with van der Waals surface area (Å²) in [5.41, 5.74) is 20.7. The molecule has 0 saturated carbocycles. The molecule has 0 fully saturated rings. The lowest BCUT2D eigenvalue weighted by atomic mass is 9.89. The van der Waals surface area contributed by atoms with E-state index in [2.05, 4.69) is 264 Å². The number of furan rings is 2. The molecule has 0 N–H and O–H groups in total. The Hall–Kier alpha value is -10.8. The fourth-order valence-corrected chi connectivity index (χ4v) is 13.1. The van der Waals surface area contributed by atoms with Crippen LogP contribution in [0.2, 0.25) is 0 Å². The first-order valence-electron chi connectivity index (χ1n) is 28.1. The summed E-state index contributed by atoms with van der Waals surface area (Å²) in [6.07, 6.45) is 5.50. The Morgan fingerprint density at radius 3 is 1.73 bits per heavy atom. The van der Waals surface area contributed by atoms with Gasteiger partial charge in [0.05, 0.1) is 33.5 Å². The molecule has 82 heavy (non-hydrogen) atoms. The summed E-state index contributed by atoms with van der Waals surface area (Å²) in [7, 11) is 0. The third-order valence-electron chi connectivity index (χ3n) is 16.9. The largest absolute Gasteiger partial charge is 0.456 e. The SMILES string of the molecule is C1=c2oc3ccccc3c2=CC(c2ccc3c(c2)c2ccccc2n3-c2nc(-c3cccc(-n4c5ccccc5c5cc(-c6ccc7oc8ccccc8c7c6)ccc54)c3)cc(-c3cccc(-c4ccccc4)c3-c3ccccc3)n2)C1. The molecule has 6 heteroatoms. The second kappa shape index (κ2) is 18.4. The second-order valence-electron chi connectivity index (χ2n) is 21.6. The first-order chi connectivity index (χ1) is 40.6. The topological polar surface area (TPSA) is 61.9 Å². The molecule has 1 aliphatic rings. The average Bonchev–Trinajstić information content (AvgIpc) is 3.61. The highest BCUT2D eigenvalue weighted by Crippen LogP contribution is 2.43. The van der Waals surface area contributed by atoms with Crippen LogP contribution in [0.15, 0.2) is 270 Å². The molecule has 11 aromatic carbocycles. The van der Waals surface area contributed by atoms with Crippen molar-refractivity contribution in [3.05, 3.63) is 277 Å². The zero-order valence-electron chi connectivity index (χ0n) is 44.4. The number of hydrogen-bond donors (Lipinski definition) is 0. The minimum absolute atomic E-state index is 0.182. The molecule has 384 valence electrons. The maximum Gasteiger partial charge on any atom is 0.235 e. The van der Waals surface area contributed by atoms with Crippen LogP contribution >= 0.6 is 0 Å². The van der Waals surface area contributed by atoms with Crippen LogP contribution in [0, 0.1) is 0 Å². The summed E-state index contributed by atoms with van der Waals surface area (Å²) in [4.78, 5) is 11.3.